The molecule has 1 saturated carbocycles. The smallest absolute Gasteiger partial charge is 0.164 e. The maximum atomic E-state index is 5.01. The highest BCUT2D eigenvalue weighted by atomic mass is 15.0. The molecule has 3 nitrogen and oxygen atoms in total. The van der Waals surface area contributed by atoms with Crippen LogP contribution in [0.15, 0.2) is 133 Å². The highest BCUT2D eigenvalue weighted by Crippen LogP contribution is 2.63. The molecule has 10 rings (SSSR count). The van der Waals surface area contributed by atoms with Gasteiger partial charge in [-0.05, 0) is 93.2 Å². The predicted molar refractivity (Wildman–Crippen MR) is 209 cm³/mol. The monoisotopic (exact) mass is 661 g/mol. The van der Waals surface area contributed by atoms with Gasteiger partial charge in [0.2, 0.25) is 0 Å². The van der Waals surface area contributed by atoms with Gasteiger partial charge in [0.1, 0.15) is 0 Å². The Morgan fingerprint density at radius 1 is 0.569 bits per heavy atom. The van der Waals surface area contributed by atoms with Crippen molar-refractivity contribution in [1.29, 1.82) is 0 Å². The SMILES string of the molecule is CC1(C)c2ccccc2C2C=C3C(=CC21)c1cc(C2=CC=C(c4nc(-c5ccccc5)nc(-c5ccccc5)n4)CC2)ccc1C31CCCCC1. The van der Waals surface area contributed by atoms with Gasteiger partial charge >= 0.3 is 0 Å². The highest BCUT2D eigenvalue weighted by molar-refractivity contribution is 5.93. The first kappa shape index (κ1) is 30.7. The Kier molecular flexibility index (Phi) is 7.03. The minimum Gasteiger partial charge on any atom is -0.209 e. The molecule has 0 saturated heterocycles. The standard InChI is InChI=1S/C48H43N3/c1-47(2)40-19-11-10-18-36(40)38-30-43-39(29-42(38)47)37-28-35(24-25-41(37)48(43)26-12-5-13-27-48)31-20-22-34(23-21-31)46-50-44(32-14-6-3-7-15-32)49-45(51-46)33-16-8-4-9-17-33/h3-4,6-11,14-20,22,24-25,28-30,38,42H,5,12-13,21,23,26-27H2,1-2H3. The van der Waals surface area contributed by atoms with Crippen LogP contribution in [0.3, 0.4) is 0 Å². The molecule has 250 valence electrons. The molecule has 51 heavy (non-hydrogen) atoms. The fourth-order valence-electron chi connectivity index (χ4n) is 10.1. The van der Waals surface area contributed by atoms with Crippen molar-refractivity contribution < 1.29 is 0 Å². The largest absolute Gasteiger partial charge is 0.209 e. The molecule has 1 aromatic heterocycles. The van der Waals surface area contributed by atoms with Crippen LogP contribution >= 0.6 is 0 Å². The second kappa shape index (κ2) is 11.7. The van der Waals surface area contributed by atoms with Crippen molar-refractivity contribution in [1.82, 2.24) is 15.0 Å². The van der Waals surface area contributed by atoms with Crippen LogP contribution in [-0.2, 0) is 10.8 Å². The Morgan fingerprint density at radius 2 is 1.20 bits per heavy atom. The van der Waals surface area contributed by atoms with E-state index in [-0.39, 0.29) is 10.8 Å². The molecular formula is C48H43N3. The van der Waals surface area contributed by atoms with Gasteiger partial charge in [0.25, 0.3) is 0 Å². The molecule has 1 heterocycles. The van der Waals surface area contributed by atoms with Gasteiger partial charge in [-0.2, -0.15) is 0 Å². The van der Waals surface area contributed by atoms with Gasteiger partial charge in [-0.1, -0.05) is 154 Å². The van der Waals surface area contributed by atoms with E-state index in [2.05, 4.69) is 105 Å². The van der Waals surface area contributed by atoms with Crippen molar-refractivity contribution in [3.05, 3.63) is 167 Å². The first-order valence-electron chi connectivity index (χ1n) is 19.0. The maximum Gasteiger partial charge on any atom is 0.164 e. The molecule has 0 amide bonds. The summed E-state index contributed by atoms with van der Waals surface area (Å²) < 4.78 is 0. The molecule has 0 radical (unpaired) electrons. The third kappa shape index (κ3) is 4.81. The van der Waals surface area contributed by atoms with Crippen molar-refractivity contribution in [2.24, 2.45) is 5.92 Å². The lowest BCUT2D eigenvalue weighted by molar-refractivity contribution is 0.345. The van der Waals surface area contributed by atoms with Gasteiger partial charge in [-0.25, -0.2) is 15.0 Å². The molecule has 2 unspecified atom stereocenters. The Bertz CT molecular complexity index is 2260. The predicted octanol–water partition coefficient (Wildman–Crippen LogP) is 11.7. The number of aromatic nitrogens is 3. The van der Waals surface area contributed by atoms with Crippen molar-refractivity contribution in [2.45, 2.75) is 75.5 Å². The Morgan fingerprint density at radius 3 is 1.88 bits per heavy atom. The molecule has 5 aromatic rings. The number of rotatable bonds is 4. The van der Waals surface area contributed by atoms with Crippen LogP contribution < -0.4 is 0 Å². The van der Waals surface area contributed by atoms with E-state index >= 15 is 0 Å². The Hall–Kier alpha value is -5.15. The molecule has 3 heteroatoms. The van der Waals surface area contributed by atoms with E-state index < -0.39 is 0 Å². The van der Waals surface area contributed by atoms with Gasteiger partial charge in [0, 0.05) is 22.5 Å². The van der Waals surface area contributed by atoms with E-state index in [9.17, 15) is 0 Å². The zero-order valence-electron chi connectivity index (χ0n) is 29.6. The van der Waals surface area contributed by atoms with Gasteiger partial charge < -0.3 is 0 Å². The van der Waals surface area contributed by atoms with Crippen LogP contribution in [0.5, 0.6) is 0 Å². The molecule has 0 bridgehead atoms. The van der Waals surface area contributed by atoms with Crippen molar-refractivity contribution in [2.75, 3.05) is 0 Å². The summed E-state index contributed by atoms with van der Waals surface area (Å²) in [5.74, 6) is 3.14. The maximum absolute atomic E-state index is 5.01. The summed E-state index contributed by atoms with van der Waals surface area (Å²) in [7, 11) is 0. The number of nitrogens with zero attached hydrogens (tertiary/aromatic N) is 3. The number of hydrogen-bond donors (Lipinski definition) is 0. The average molecular weight is 662 g/mol. The molecule has 2 atom stereocenters. The number of hydrogen-bond acceptors (Lipinski definition) is 3. The molecule has 1 fully saturated rings. The fourth-order valence-corrected chi connectivity index (χ4v) is 10.1. The lowest BCUT2D eigenvalue weighted by Gasteiger charge is -2.39. The van der Waals surface area contributed by atoms with Crippen molar-refractivity contribution in [3.63, 3.8) is 0 Å². The summed E-state index contributed by atoms with van der Waals surface area (Å²) in [6.07, 6.45) is 18.4. The number of benzene rings is 4. The molecule has 4 aromatic carbocycles. The first-order chi connectivity index (χ1) is 25.0. The van der Waals surface area contributed by atoms with Crippen molar-refractivity contribution >= 4 is 16.7 Å². The normalized spacial score (nSPS) is 22.2. The van der Waals surface area contributed by atoms with Crippen LogP contribution in [-0.4, -0.2) is 15.0 Å². The first-order valence-corrected chi connectivity index (χ1v) is 19.0. The van der Waals surface area contributed by atoms with E-state index in [0.29, 0.717) is 23.5 Å². The Labute approximate surface area is 301 Å². The van der Waals surface area contributed by atoms with E-state index in [1.54, 1.807) is 11.1 Å². The summed E-state index contributed by atoms with van der Waals surface area (Å²) in [6.45, 7) is 4.92. The second-order valence-electron chi connectivity index (χ2n) is 15.8. The number of fused-ring (bicyclic) bond motifs is 8. The van der Waals surface area contributed by atoms with Crippen LogP contribution in [0.4, 0.5) is 0 Å². The molecule has 5 aliphatic carbocycles. The van der Waals surface area contributed by atoms with E-state index in [4.69, 9.17) is 15.0 Å². The summed E-state index contributed by atoms with van der Waals surface area (Å²) in [5, 5.41) is 0. The molecular weight excluding hydrogens is 619 g/mol. The Balaban J connectivity index is 1.04. The topological polar surface area (TPSA) is 38.7 Å². The third-order valence-corrected chi connectivity index (χ3v) is 12.8. The van der Waals surface area contributed by atoms with Crippen LogP contribution in [0.25, 0.3) is 39.5 Å². The third-order valence-electron chi connectivity index (χ3n) is 12.8. The average Bonchev–Trinajstić information content (AvgIpc) is 3.58. The van der Waals surface area contributed by atoms with Crippen LogP contribution in [0, 0.1) is 5.92 Å². The fraction of sp³-hybridized carbons (Fsp3) is 0.271. The quantitative estimate of drug-likeness (QED) is 0.192. The van der Waals surface area contributed by atoms with Gasteiger partial charge in [0.15, 0.2) is 17.5 Å². The molecule has 0 aliphatic heterocycles. The summed E-state index contributed by atoms with van der Waals surface area (Å²) in [6, 6.07) is 37.2. The lowest BCUT2D eigenvalue weighted by Crippen LogP contribution is -2.31. The zero-order chi connectivity index (χ0) is 34.2. The minimum atomic E-state index is 0.110. The van der Waals surface area contributed by atoms with Gasteiger partial charge in [-0.3, -0.25) is 0 Å². The number of allylic oxidation sites excluding steroid dienone is 8. The zero-order valence-corrected chi connectivity index (χ0v) is 29.6. The minimum absolute atomic E-state index is 0.110. The van der Waals surface area contributed by atoms with Gasteiger partial charge in [-0.15, -0.1) is 0 Å². The molecule has 1 spiro atoms. The molecule has 0 N–H and O–H groups in total. The summed E-state index contributed by atoms with van der Waals surface area (Å²) in [5.41, 5.74) is 15.4. The van der Waals surface area contributed by atoms with Crippen molar-refractivity contribution in [3.8, 4) is 22.8 Å². The van der Waals surface area contributed by atoms with Gasteiger partial charge in [0.05, 0.1) is 0 Å². The van der Waals surface area contributed by atoms with E-state index in [1.165, 1.54) is 65.5 Å². The second-order valence-corrected chi connectivity index (χ2v) is 15.8. The van der Waals surface area contributed by atoms with E-state index in [0.717, 1.165) is 35.4 Å². The molecule has 5 aliphatic rings. The van der Waals surface area contributed by atoms with E-state index in [1.807, 2.05) is 36.4 Å². The van der Waals surface area contributed by atoms with Crippen LogP contribution in [0.1, 0.15) is 98.4 Å². The lowest BCUT2D eigenvalue weighted by atomic mass is 9.64. The summed E-state index contributed by atoms with van der Waals surface area (Å²) in [4.78, 5) is 14.9. The highest BCUT2D eigenvalue weighted by Gasteiger charge is 2.52. The summed E-state index contributed by atoms with van der Waals surface area (Å²) >= 11 is 0. The van der Waals surface area contributed by atoms with Crippen LogP contribution in [0.2, 0.25) is 0 Å².